The van der Waals surface area contributed by atoms with Gasteiger partial charge in [-0.3, -0.25) is 0 Å². The van der Waals surface area contributed by atoms with Gasteiger partial charge in [0.2, 0.25) is 0 Å². The summed E-state index contributed by atoms with van der Waals surface area (Å²) in [6.07, 6.45) is 5.53. The molecule has 1 saturated carbocycles. The lowest BCUT2D eigenvalue weighted by Crippen LogP contribution is -2.40. The first kappa shape index (κ1) is 12.0. The van der Waals surface area contributed by atoms with Crippen LogP contribution < -0.4 is 5.73 Å². The Hall–Kier alpha value is -0.0400. The first-order chi connectivity index (χ1) is 6.52. The highest BCUT2D eigenvalue weighted by Gasteiger charge is 2.28. The molecule has 0 amide bonds. The smallest absolute Gasteiger partial charge is 0.00955 e. The van der Waals surface area contributed by atoms with Crippen LogP contribution in [-0.4, -0.2) is 6.04 Å². The van der Waals surface area contributed by atoms with Crippen LogP contribution in [-0.2, 0) is 0 Å². The standard InChI is InChI=1S/C13H27N/c1-9(2)11(4)13(14)12-7-5-6-10(3)8-12/h9-13H,5-8,14H2,1-4H3. The predicted octanol–water partition coefficient (Wildman–Crippen LogP) is 3.43. The van der Waals surface area contributed by atoms with E-state index < -0.39 is 0 Å². The van der Waals surface area contributed by atoms with E-state index >= 15 is 0 Å². The summed E-state index contributed by atoms with van der Waals surface area (Å²) in [7, 11) is 0. The topological polar surface area (TPSA) is 26.0 Å². The predicted molar refractivity (Wildman–Crippen MR) is 63.1 cm³/mol. The van der Waals surface area contributed by atoms with Gasteiger partial charge < -0.3 is 5.73 Å². The average Bonchev–Trinajstić information content (AvgIpc) is 2.15. The van der Waals surface area contributed by atoms with Crippen molar-refractivity contribution in [3.05, 3.63) is 0 Å². The maximum atomic E-state index is 6.36. The molecule has 0 radical (unpaired) electrons. The maximum absolute atomic E-state index is 6.36. The van der Waals surface area contributed by atoms with E-state index in [2.05, 4.69) is 27.7 Å². The second kappa shape index (κ2) is 5.16. The number of hydrogen-bond donors (Lipinski definition) is 1. The summed E-state index contributed by atoms with van der Waals surface area (Å²) in [5.74, 6) is 3.09. The minimum atomic E-state index is 0.428. The molecule has 1 heteroatoms. The van der Waals surface area contributed by atoms with E-state index in [0.29, 0.717) is 12.0 Å². The highest BCUT2D eigenvalue weighted by molar-refractivity contribution is 4.83. The first-order valence-electron chi connectivity index (χ1n) is 6.28. The molecule has 0 aromatic carbocycles. The Balaban J connectivity index is 2.46. The molecule has 1 rings (SSSR count). The van der Waals surface area contributed by atoms with Crippen molar-refractivity contribution >= 4 is 0 Å². The van der Waals surface area contributed by atoms with Crippen LogP contribution in [0.5, 0.6) is 0 Å². The molecule has 0 aliphatic heterocycles. The monoisotopic (exact) mass is 197 g/mol. The molecule has 1 aliphatic rings. The summed E-state index contributed by atoms with van der Waals surface area (Å²) in [4.78, 5) is 0. The molecule has 1 nitrogen and oxygen atoms in total. The zero-order chi connectivity index (χ0) is 10.7. The summed E-state index contributed by atoms with van der Waals surface area (Å²) in [5.41, 5.74) is 6.36. The van der Waals surface area contributed by atoms with E-state index in [0.717, 1.165) is 17.8 Å². The van der Waals surface area contributed by atoms with Crippen LogP contribution in [0.25, 0.3) is 0 Å². The van der Waals surface area contributed by atoms with Crippen LogP contribution in [0.4, 0.5) is 0 Å². The average molecular weight is 197 g/mol. The van der Waals surface area contributed by atoms with Crippen molar-refractivity contribution in [2.75, 3.05) is 0 Å². The molecule has 0 saturated heterocycles. The number of rotatable bonds is 3. The highest BCUT2D eigenvalue weighted by atomic mass is 14.7. The molecule has 2 N–H and O–H groups in total. The molecule has 14 heavy (non-hydrogen) atoms. The van der Waals surface area contributed by atoms with E-state index in [-0.39, 0.29) is 0 Å². The lowest BCUT2D eigenvalue weighted by Gasteiger charge is -2.35. The van der Waals surface area contributed by atoms with Gasteiger partial charge in [0.15, 0.2) is 0 Å². The van der Waals surface area contributed by atoms with Crippen LogP contribution in [0.2, 0.25) is 0 Å². The largest absolute Gasteiger partial charge is 0.327 e. The Bertz CT molecular complexity index is 165. The van der Waals surface area contributed by atoms with Gasteiger partial charge >= 0.3 is 0 Å². The van der Waals surface area contributed by atoms with E-state index in [4.69, 9.17) is 5.73 Å². The van der Waals surface area contributed by atoms with Gasteiger partial charge in [-0.2, -0.15) is 0 Å². The van der Waals surface area contributed by atoms with Crippen molar-refractivity contribution in [3.63, 3.8) is 0 Å². The Kier molecular flexibility index (Phi) is 4.43. The molecule has 0 aromatic rings. The Morgan fingerprint density at radius 2 is 1.79 bits per heavy atom. The van der Waals surface area contributed by atoms with E-state index in [1.165, 1.54) is 25.7 Å². The van der Waals surface area contributed by atoms with Gasteiger partial charge in [0.25, 0.3) is 0 Å². The first-order valence-corrected chi connectivity index (χ1v) is 6.28. The Morgan fingerprint density at radius 3 is 2.29 bits per heavy atom. The molecule has 4 atom stereocenters. The number of nitrogens with two attached hydrogens (primary N) is 1. The third-order valence-corrected chi connectivity index (χ3v) is 4.18. The summed E-state index contributed by atoms with van der Waals surface area (Å²) in [6, 6.07) is 0.428. The van der Waals surface area contributed by atoms with Crippen molar-refractivity contribution < 1.29 is 0 Å². The second-order valence-corrected chi connectivity index (χ2v) is 5.71. The van der Waals surface area contributed by atoms with Gasteiger partial charge in [0.1, 0.15) is 0 Å². The number of hydrogen-bond acceptors (Lipinski definition) is 1. The Morgan fingerprint density at radius 1 is 1.14 bits per heavy atom. The van der Waals surface area contributed by atoms with Gasteiger partial charge in [-0.05, 0) is 36.5 Å². The summed E-state index contributed by atoms with van der Waals surface area (Å²) < 4.78 is 0. The van der Waals surface area contributed by atoms with Gasteiger partial charge in [0, 0.05) is 6.04 Å². The van der Waals surface area contributed by atoms with Gasteiger partial charge in [-0.1, -0.05) is 40.5 Å². The molecule has 0 spiro atoms. The summed E-state index contributed by atoms with van der Waals surface area (Å²) in [5, 5.41) is 0. The van der Waals surface area contributed by atoms with E-state index in [1.54, 1.807) is 0 Å². The van der Waals surface area contributed by atoms with E-state index in [9.17, 15) is 0 Å². The maximum Gasteiger partial charge on any atom is 0.00955 e. The fourth-order valence-electron chi connectivity index (χ4n) is 2.70. The van der Waals surface area contributed by atoms with Crippen molar-refractivity contribution in [1.29, 1.82) is 0 Å². The molecule has 0 heterocycles. The normalized spacial score (nSPS) is 33.0. The van der Waals surface area contributed by atoms with Gasteiger partial charge in [-0.15, -0.1) is 0 Å². The Labute approximate surface area is 89.5 Å². The molecular weight excluding hydrogens is 170 g/mol. The molecule has 1 fully saturated rings. The lowest BCUT2D eigenvalue weighted by atomic mass is 9.73. The highest BCUT2D eigenvalue weighted by Crippen LogP contribution is 2.33. The molecule has 1 aliphatic carbocycles. The van der Waals surface area contributed by atoms with Crippen LogP contribution in [0, 0.1) is 23.7 Å². The SMILES string of the molecule is CC1CCCC(C(N)C(C)C(C)C)C1. The molecule has 84 valence electrons. The zero-order valence-electron chi connectivity index (χ0n) is 10.3. The fourth-order valence-corrected chi connectivity index (χ4v) is 2.70. The van der Waals surface area contributed by atoms with Crippen molar-refractivity contribution in [2.24, 2.45) is 29.4 Å². The van der Waals surface area contributed by atoms with E-state index in [1.807, 2.05) is 0 Å². The minimum absolute atomic E-state index is 0.428. The fraction of sp³-hybridized carbons (Fsp3) is 1.00. The second-order valence-electron chi connectivity index (χ2n) is 5.71. The third-order valence-electron chi connectivity index (χ3n) is 4.18. The molecule has 0 aromatic heterocycles. The molecular formula is C13H27N. The quantitative estimate of drug-likeness (QED) is 0.737. The van der Waals surface area contributed by atoms with Crippen LogP contribution >= 0.6 is 0 Å². The van der Waals surface area contributed by atoms with Crippen molar-refractivity contribution in [1.82, 2.24) is 0 Å². The van der Waals surface area contributed by atoms with Crippen LogP contribution in [0.3, 0.4) is 0 Å². The molecule has 4 unspecified atom stereocenters. The van der Waals surface area contributed by atoms with Crippen molar-refractivity contribution in [3.8, 4) is 0 Å². The molecule has 0 bridgehead atoms. The zero-order valence-corrected chi connectivity index (χ0v) is 10.3. The lowest BCUT2D eigenvalue weighted by molar-refractivity contribution is 0.188. The minimum Gasteiger partial charge on any atom is -0.327 e. The van der Waals surface area contributed by atoms with Crippen LogP contribution in [0.15, 0.2) is 0 Å². The summed E-state index contributed by atoms with van der Waals surface area (Å²) in [6.45, 7) is 9.26. The van der Waals surface area contributed by atoms with Crippen LogP contribution in [0.1, 0.15) is 53.4 Å². The van der Waals surface area contributed by atoms with Gasteiger partial charge in [0.05, 0.1) is 0 Å². The van der Waals surface area contributed by atoms with Gasteiger partial charge in [-0.25, -0.2) is 0 Å². The summed E-state index contributed by atoms with van der Waals surface area (Å²) >= 11 is 0. The van der Waals surface area contributed by atoms with Crippen molar-refractivity contribution in [2.45, 2.75) is 59.4 Å². The third kappa shape index (κ3) is 2.98.